The van der Waals surface area contributed by atoms with Crippen molar-refractivity contribution in [3.05, 3.63) is 11.6 Å². The zero-order chi connectivity index (χ0) is 7.56. The summed E-state index contributed by atoms with van der Waals surface area (Å²) in [7, 11) is 3.68. The maximum atomic E-state index is 5.50. The Balaban J connectivity index is 2.96. The van der Waals surface area contributed by atoms with Crippen LogP contribution in [0.15, 0.2) is 6.33 Å². The Bertz CT molecular complexity index is 225. The Kier molecular flexibility index (Phi) is 2.01. The van der Waals surface area contributed by atoms with Crippen LogP contribution < -0.4 is 4.90 Å². The minimum absolute atomic E-state index is 0.221. The van der Waals surface area contributed by atoms with Gasteiger partial charge in [0.2, 0.25) is 11.2 Å². The van der Waals surface area contributed by atoms with Gasteiger partial charge in [0, 0.05) is 14.1 Å². The van der Waals surface area contributed by atoms with Crippen LogP contribution in [-0.2, 0) is 0 Å². The van der Waals surface area contributed by atoms with Gasteiger partial charge in [-0.2, -0.15) is 4.98 Å². The molecule has 54 valence electrons. The zero-order valence-electron chi connectivity index (χ0n) is 5.74. The SMILES string of the molecule is CN(C)c1ncnc(Cl)n1. The quantitative estimate of drug-likeness (QED) is 0.600. The number of anilines is 1. The third-order valence-corrected chi connectivity index (χ3v) is 1.11. The molecule has 0 saturated carbocycles. The molecule has 1 aromatic rings. The molecule has 0 radical (unpaired) electrons. The molecule has 0 saturated heterocycles. The average molecular weight is 159 g/mol. The van der Waals surface area contributed by atoms with E-state index < -0.39 is 0 Å². The van der Waals surface area contributed by atoms with E-state index >= 15 is 0 Å². The largest absolute Gasteiger partial charge is 0.347 e. The van der Waals surface area contributed by atoms with Gasteiger partial charge in [-0.15, -0.1) is 0 Å². The summed E-state index contributed by atoms with van der Waals surface area (Å²) in [6, 6.07) is 0. The molecule has 4 nitrogen and oxygen atoms in total. The van der Waals surface area contributed by atoms with Crippen LogP contribution in [0.3, 0.4) is 0 Å². The summed E-state index contributed by atoms with van der Waals surface area (Å²) in [5.74, 6) is 0.569. The van der Waals surface area contributed by atoms with Gasteiger partial charge >= 0.3 is 0 Å². The third-order valence-electron chi connectivity index (χ3n) is 0.930. The molecule has 0 N–H and O–H groups in total. The number of aromatic nitrogens is 3. The van der Waals surface area contributed by atoms with Crippen LogP contribution >= 0.6 is 11.6 Å². The van der Waals surface area contributed by atoms with Gasteiger partial charge in [-0.25, -0.2) is 9.97 Å². The van der Waals surface area contributed by atoms with Crippen molar-refractivity contribution in [2.45, 2.75) is 0 Å². The highest BCUT2D eigenvalue weighted by atomic mass is 35.5. The van der Waals surface area contributed by atoms with Crippen molar-refractivity contribution < 1.29 is 0 Å². The van der Waals surface area contributed by atoms with E-state index in [1.165, 1.54) is 6.33 Å². The topological polar surface area (TPSA) is 41.9 Å². The molecule has 0 bridgehead atoms. The normalized spacial score (nSPS) is 9.50. The standard InChI is InChI=1S/C5H7ClN4/c1-10(2)5-8-3-7-4(6)9-5/h3H,1-2H3. The molecule has 1 aromatic heterocycles. The molecule has 0 atom stereocenters. The fourth-order valence-corrected chi connectivity index (χ4v) is 0.603. The highest BCUT2D eigenvalue weighted by Gasteiger charge is 1.97. The Labute approximate surface area is 63.9 Å². The van der Waals surface area contributed by atoms with E-state index in [4.69, 9.17) is 11.6 Å². The lowest BCUT2D eigenvalue weighted by Crippen LogP contribution is -2.12. The van der Waals surface area contributed by atoms with Gasteiger partial charge in [0.25, 0.3) is 0 Å². The summed E-state index contributed by atoms with van der Waals surface area (Å²) in [6.07, 6.45) is 1.38. The van der Waals surface area contributed by atoms with Crippen LogP contribution in [-0.4, -0.2) is 29.0 Å². The maximum Gasteiger partial charge on any atom is 0.229 e. The molecule has 0 amide bonds. The average Bonchev–Trinajstić information content (AvgIpc) is 1.88. The van der Waals surface area contributed by atoms with E-state index in [1.807, 2.05) is 14.1 Å². The van der Waals surface area contributed by atoms with Crippen molar-refractivity contribution in [1.82, 2.24) is 15.0 Å². The third kappa shape index (κ3) is 1.54. The summed E-state index contributed by atoms with van der Waals surface area (Å²) >= 11 is 5.50. The van der Waals surface area contributed by atoms with E-state index in [0.717, 1.165) is 0 Å². The summed E-state index contributed by atoms with van der Waals surface area (Å²) in [5.41, 5.74) is 0. The molecule has 0 fully saturated rings. The first-order valence-corrected chi connectivity index (χ1v) is 3.10. The van der Waals surface area contributed by atoms with Crippen LogP contribution in [0.4, 0.5) is 5.95 Å². The Morgan fingerprint density at radius 2 is 2.10 bits per heavy atom. The number of nitrogens with zero attached hydrogens (tertiary/aromatic N) is 4. The van der Waals surface area contributed by atoms with Gasteiger partial charge in [0.1, 0.15) is 6.33 Å². The molecule has 0 aromatic carbocycles. The first kappa shape index (κ1) is 7.21. The number of hydrogen-bond donors (Lipinski definition) is 0. The molecule has 0 spiro atoms. The Hall–Kier alpha value is -0.900. The van der Waals surface area contributed by atoms with Crippen molar-refractivity contribution in [1.29, 1.82) is 0 Å². The predicted molar refractivity (Wildman–Crippen MR) is 39.2 cm³/mol. The maximum absolute atomic E-state index is 5.50. The highest BCUT2D eigenvalue weighted by Crippen LogP contribution is 2.03. The molecule has 1 heterocycles. The number of rotatable bonds is 1. The van der Waals surface area contributed by atoms with Gasteiger partial charge in [0.05, 0.1) is 0 Å². The lowest BCUT2D eigenvalue weighted by molar-refractivity contribution is 0.955. The van der Waals surface area contributed by atoms with Crippen molar-refractivity contribution in [2.75, 3.05) is 19.0 Å². The smallest absolute Gasteiger partial charge is 0.229 e. The van der Waals surface area contributed by atoms with E-state index in [0.29, 0.717) is 5.95 Å². The van der Waals surface area contributed by atoms with E-state index in [9.17, 15) is 0 Å². The zero-order valence-corrected chi connectivity index (χ0v) is 6.50. The van der Waals surface area contributed by atoms with Crippen LogP contribution in [0, 0.1) is 0 Å². The second-order valence-electron chi connectivity index (χ2n) is 1.95. The van der Waals surface area contributed by atoms with Crippen LogP contribution in [0.5, 0.6) is 0 Å². The Morgan fingerprint density at radius 1 is 1.40 bits per heavy atom. The lowest BCUT2D eigenvalue weighted by atomic mass is 10.8. The van der Waals surface area contributed by atoms with Gasteiger partial charge in [0.15, 0.2) is 0 Å². The van der Waals surface area contributed by atoms with Gasteiger partial charge in [-0.05, 0) is 11.6 Å². The van der Waals surface area contributed by atoms with Gasteiger partial charge in [-0.1, -0.05) is 0 Å². The molecule has 0 aliphatic carbocycles. The molecule has 10 heavy (non-hydrogen) atoms. The van der Waals surface area contributed by atoms with Crippen LogP contribution in [0.25, 0.3) is 0 Å². The predicted octanol–water partition coefficient (Wildman–Crippen LogP) is 0.591. The van der Waals surface area contributed by atoms with E-state index in [1.54, 1.807) is 4.90 Å². The number of halogens is 1. The second-order valence-corrected chi connectivity index (χ2v) is 2.29. The first-order chi connectivity index (χ1) is 4.70. The molecule has 0 unspecified atom stereocenters. The van der Waals surface area contributed by atoms with Gasteiger partial charge < -0.3 is 4.90 Å². The summed E-state index contributed by atoms with van der Waals surface area (Å²) in [5, 5.41) is 0.221. The summed E-state index contributed by atoms with van der Waals surface area (Å²) in [4.78, 5) is 13.1. The molecule has 5 heteroatoms. The van der Waals surface area contributed by atoms with Crippen molar-refractivity contribution in [2.24, 2.45) is 0 Å². The van der Waals surface area contributed by atoms with E-state index in [2.05, 4.69) is 15.0 Å². The fourth-order valence-electron chi connectivity index (χ4n) is 0.484. The molecule has 0 aliphatic rings. The second kappa shape index (κ2) is 2.79. The summed E-state index contributed by atoms with van der Waals surface area (Å²) < 4.78 is 0. The van der Waals surface area contributed by atoms with Crippen molar-refractivity contribution >= 4 is 17.5 Å². The van der Waals surface area contributed by atoms with Gasteiger partial charge in [-0.3, -0.25) is 0 Å². The number of hydrogen-bond acceptors (Lipinski definition) is 4. The molecule has 1 rings (SSSR count). The first-order valence-electron chi connectivity index (χ1n) is 2.72. The monoisotopic (exact) mass is 158 g/mol. The van der Waals surface area contributed by atoms with E-state index in [-0.39, 0.29) is 5.28 Å². The van der Waals surface area contributed by atoms with Crippen LogP contribution in [0.1, 0.15) is 0 Å². The molecule has 0 aliphatic heterocycles. The Morgan fingerprint density at radius 3 is 2.50 bits per heavy atom. The molecular formula is C5H7ClN4. The minimum Gasteiger partial charge on any atom is -0.347 e. The highest BCUT2D eigenvalue weighted by molar-refractivity contribution is 6.28. The van der Waals surface area contributed by atoms with Crippen molar-refractivity contribution in [3.63, 3.8) is 0 Å². The van der Waals surface area contributed by atoms with Crippen LogP contribution in [0.2, 0.25) is 5.28 Å². The fraction of sp³-hybridized carbons (Fsp3) is 0.400. The van der Waals surface area contributed by atoms with Crippen molar-refractivity contribution in [3.8, 4) is 0 Å². The molecular weight excluding hydrogens is 152 g/mol. The summed E-state index contributed by atoms with van der Waals surface area (Å²) in [6.45, 7) is 0. The lowest BCUT2D eigenvalue weighted by Gasteiger charge is -2.07. The minimum atomic E-state index is 0.221.